The van der Waals surface area contributed by atoms with Gasteiger partial charge in [0.05, 0.1) is 28.4 Å². The molecular formula is C23H23N7. The van der Waals surface area contributed by atoms with Crippen LogP contribution in [0.4, 0.5) is 0 Å². The number of rotatable bonds is 7. The van der Waals surface area contributed by atoms with Crippen molar-refractivity contribution >= 4 is 27.6 Å². The molecule has 0 saturated carbocycles. The minimum Gasteiger partial charge on any atom is -0.359 e. The van der Waals surface area contributed by atoms with Crippen molar-refractivity contribution in [1.29, 1.82) is 0 Å². The van der Waals surface area contributed by atoms with Gasteiger partial charge in [0.25, 0.3) is 0 Å². The van der Waals surface area contributed by atoms with E-state index in [0.717, 1.165) is 51.1 Å². The minimum atomic E-state index is 0.652. The molecule has 150 valence electrons. The first-order valence-electron chi connectivity index (χ1n) is 9.73. The SMILES string of the molecule is C=C/C(=C\C(=C/C)c1ccc2[nH]nc(-c3nc4ccncc4[nH]3)c2n1)NC(=C)CC. The molecule has 4 heterocycles. The van der Waals surface area contributed by atoms with Gasteiger partial charge in [0.1, 0.15) is 5.52 Å². The molecule has 0 saturated heterocycles. The molecule has 0 unspecified atom stereocenters. The van der Waals surface area contributed by atoms with E-state index in [0.29, 0.717) is 11.5 Å². The standard InChI is InChI=1S/C23H23N7/c1-5-14(4)25-16(7-3)12-15(6-2)17-8-9-19-21(26-17)22(30-29-19)23-27-18-10-11-24-13-20(18)28-23/h6-13,25H,3-5H2,1-2H3,(H,27,28)(H,29,30)/b15-6+,16-12+. The number of H-pyrrole nitrogens is 2. The first-order chi connectivity index (χ1) is 14.6. The Balaban J connectivity index is 1.76. The van der Waals surface area contributed by atoms with Gasteiger partial charge in [-0.2, -0.15) is 5.10 Å². The Bertz CT molecular complexity index is 1270. The van der Waals surface area contributed by atoms with E-state index < -0.39 is 0 Å². The molecule has 0 bridgehead atoms. The second-order valence-electron chi connectivity index (χ2n) is 6.77. The van der Waals surface area contributed by atoms with Gasteiger partial charge in [0.2, 0.25) is 0 Å². The largest absolute Gasteiger partial charge is 0.359 e. The van der Waals surface area contributed by atoms with Crippen LogP contribution in [0.3, 0.4) is 0 Å². The Hall–Kier alpha value is -4.00. The molecule has 4 rings (SSSR count). The topological polar surface area (TPSA) is 95.2 Å². The van der Waals surface area contributed by atoms with Crippen molar-refractivity contribution in [2.45, 2.75) is 20.3 Å². The molecule has 4 aromatic heterocycles. The molecule has 0 spiro atoms. The molecular weight excluding hydrogens is 374 g/mol. The highest BCUT2D eigenvalue weighted by Crippen LogP contribution is 2.26. The van der Waals surface area contributed by atoms with Crippen LogP contribution in [0, 0.1) is 0 Å². The zero-order valence-electron chi connectivity index (χ0n) is 17.0. The number of aromatic amines is 2. The number of fused-ring (bicyclic) bond motifs is 2. The van der Waals surface area contributed by atoms with Crippen LogP contribution in [-0.2, 0) is 0 Å². The molecule has 4 aromatic rings. The summed E-state index contributed by atoms with van der Waals surface area (Å²) >= 11 is 0. The molecule has 0 fully saturated rings. The number of nitrogens with one attached hydrogen (secondary N) is 3. The number of pyridine rings is 2. The fourth-order valence-corrected chi connectivity index (χ4v) is 3.11. The third-order valence-corrected chi connectivity index (χ3v) is 4.80. The fraction of sp³-hybridized carbons (Fsp3) is 0.130. The first kappa shape index (κ1) is 19.3. The van der Waals surface area contributed by atoms with Crippen molar-refractivity contribution < 1.29 is 0 Å². The van der Waals surface area contributed by atoms with Crippen LogP contribution in [0.25, 0.3) is 39.2 Å². The van der Waals surface area contributed by atoms with Crippen molar-refractivity contribution in [3.63, 3.8) is 0 Å². The molecule has 0 radical (unpaired) electrons. The quantitative estimate of drug-likeness (QED) is 0.386. The fourth-order valence-electron chi connectivity index (χ4n) is 3.11. The van der Waals surface area contributed by atoms with Gasteiger partial charge < -0.3 is 10.3 Å². The molecule has 0 aliphatic heterocycles. The molecule has 0 aliphatic carbocycles. The average molecular weight is 397 g/mol. The molecule has 0 atom stereocenters. The number of hydrogen-bond acceptors (Lipinski definition) is 5. The van der Waals surface area contributed by atoms with Crippen molar-refractivity contribution in [2.75, 3.05) is 0 Å². The lowest BCUT2D eigenvalue weighted by Crippen LogP contribution is -2.09. The lowest BCUT2D eigenvalue weighted by molar-refractivity contribution is 0.920. The van der Waals surface area contributed by atoms with E-state index >= 15 is 0 Å². The van der Waals surface area contributed by atoms with Gasteiger partial charge in [-0.15, -0.1) is 0 Å². The van der Waals surface area contributed by atoms with Crippen LogP contribution < -0.4 is 5.32 Å². The second kappa shape index (κ2) is 8.16. The molecule has 0 aromatic carbocycles. The number of imidazole rings is 1. The van der Waals surface area contributed by atoms with Gasteiger partial charge in [-0.3, -0.25) is 10.1 Å². The lowest BCUT2D eigenvalue weighted by atomic mass is 10.1. The predicted molar refractivity (Wildman–Crippen MR) is 121 cm³/mol. The Morgan fingerprint density at radius 1 is 1.20 bits per heavy atom. The summed E-state index contributed by atoms with van der Waals surface area (Å²) in [6, 6.07) is 5.80. The normalized spacial score (nSPS) is 12.5. The van der Waals surface area contributed by atoms with Crippen LogP contribution in [0.1, 0.15) is 26.0 Å². The highest BCUT2D eigenvalue weighted by Gasteiger charge is 2.15. The molecule has 0 amide bonds. The zero-order chi connectivity index (χ0) is 21.1. The number of aromatic nitrogens is 6. The summed E-state index contributed by atoms with van der Waals surface area (Å²) < 4.78 is 0. The molecule has 7 heteroatoms. The number of allylic oxidation sites excluding steroid dienone is 5. The van der Waals surface area contributed by atoms with E-state index in [9.17, 15) is 0 Å². The van der Waals surface area contributed by atoms with Crippen molar-refractivity contribution in [3.8, 4) is 11.5 Å². The van der Waals surface area contributed by atoms with Gasteiger partial charge in [-0.05, 0) is 49.3 Å². The third kappa shape index (κ3) is 3.65. The summed E-state index contributed by atoms with van der Waals surface area (Å²) in [5, 5.41) is 10.8. The summed E-state index contributed by atoms with van der Waals surface area (Å²) in [6.07, 6.45) is 10.1. The highest BCUT2D eigenvalue weighted by molar-refractivity contribution is 5.91. The average Bonchev–Trinajstić information content (AvgIpc) is 3.39. The van der Waals surface area contributed by atoms with Gasteiger partial charge >= 0.3 is 0 Å². The van der Waals surface area contributed by atoms with E-state index in [-0.39, 0.29) is 0 Å². The smallest absolute Gasteiger partial charge is 0.161 e. The van der Waals surface area contributed by atoms with Crippen LogP contribution >= 0.6 is 0 Å². The maximum atomic E-state index is 4.87. The molecule has 3 N–H and O–H groups in total. The monoisotopic (exact) mass is 397 g/mol. The lowest BCUT2D eigenvalue weighted by Gasteiger charge is -2.10. The Morgan fingerprint density at radius 2 is 2.07 bits per heavy atom. The van der Waals surface area contributed by atoms with Crippen LogP contribution in [0.15, 0.2) is 73.4 Å². The van der Waals surface area contributed by atoms with E-state index in [1.54, 1.807) is 18.5 Å². The Kier molecular flexibility index (Phi) is 5.26. The van der Waals surface area contributed by atoms with Crippen LogP contribution in [0.2, 0.25) is 0 Å². The summed E-state index contributed by atoms with van der Waals surface area (Å²) in [7, 11) is 0. The van der Waals surface area contributed by atoms with Crippen molar-refractivity contribution in [2.24, 2.45) is 0 Å². The Labute approximate surface area is 174 Å². The predicted octanol–water partition coefficient (Wildman–Crippen LogP) is 4.88. The van der Waals surface area contributed by atoms with Gasteiger partial charge in [0, 0.05) is 17.6 Å². The van der Waals surface area contributed by atoms with E-state index in [4.69, 9.17) is 4.98 Å². The molecule has 0 aliphatic rings. The zero-order valence-corrected chi connectivity index (χ0v) is 17.0. The maximum absolute atomic E-state index is 4.87. The van der Waals surface area contributed by atoms with Gasteiger partial charge in [0.15, 0.2) is 11.5 Å². The Morgan fingerprint density at radius 3 is 2.80 bits per heavy atom. The molecule has 7 nitrogen and oxygen atoms in total. The summed E-state index contributed by atoms with van der Waals surface area (Å²) in [6.45, 7) is 11.9. The summed E-state index contributed by atoms with van der Waals surface area (Å²) in [5.74, 6) is 0.652. The van der Waals surface area contributed by atoms with Crippen LogP contribution in [-0.4, -0.2) is 30.1 Å². The number of hydrogen-bond donors (Lipinski definition) is 3. The second-order valence-corrected chi connectivity index (χ2v) is 6.77. The van der Waals surface area contributed by atoms with Crippen molar-refractivity contribution in [1.82, 2.24) is 35.5 Å². The highest BCUT2D eigenvalue weighted by atomic mass is 15.1. The van der Waals surface area contributed by atoms with E-state index in [1.807, 2.05) is 37.3 Å². The van der Waals surface area contributed by atoms with Gasteiger partial charge in [-0.1, -0.05) is 26.2 Å². The number of nitrogens with zero attached hydrogens (tertiary/aromatic N) is 4. The maximum Gasteiger partial charge on any atom is 0.161 e. The van der Waals surface area contributed by atoms with Crippen molar-refractivity contribution in [3.05, 3.63) is 79.1 Å². The van der Waals surface area contributed by atoms with Gasteiger partial charge in [-0.25, -0.2) is 9.97 Å². The minimum absolute atomic E-state index is 0.652. The first-order valence-corrected chi connectivity index (χ1v) is 9.73. The van der Waals surface area contributed by atoms with E-state index in [1.165, 1.54) is 0 Å². The molecule has 30 heavy (non-hydrogen) atoms. The third-order valence-electron chi connectivity index (χ3n) is 4.80. The van der Waals surface area contributed by atoms with E-state index in [2.05, 4.69) is 50.5 Å². The summed E-state index contributed by atoms with van der Waals surface area (Å²) in [4.78, 5) is 16.9. The van der Waals surface area contributed by atoms with Crippen LogP contribution in [0.5, 0.6) is 0 Å². The summed E-state index contributed by atoms with van der Waals surface area (Å²) in [5.41, 5.74) is 7.54.